The third-order valence-corrected chi connectivity index (χ3v) is 7.27. The van der Waals surface area contributed by atoms with Crippen molar-refractivity contribution in [2.45, 2.75) is 56.4 Å². The topological polar surface area (TPSA) is 90.1 Å². The van der Waals surface area contributed by atoms with Crippen molar-refractivity contribution in [3.8, 4) is 0 Å². The summed E-state index contributed by atoms with van der Waals surface area (Å²) >= 11 is 1.66. The molecule has 1 saturated carbocycles. The maximum atomic E-state index is 15.2. The van der Waals surface area contributed by atoms with Crippen LogP contribution in [0.1, 0.15) is 60.4 Å². The number of hydrogen-bond acceptors (Lipinski definition) is 5. The quantitative estimate of drug-likeness (QED) is 0.126. The van der Waals surface area contributed by atoms with E-state index >= 15 is 4.39 Å². The second-order valence-corrected chi connectivity index (χ2v) is 10.8. The van der Waals surface area contributed by atoms with Crippen LogP contribution in [-0.2, 0) is 6.54 Å². The Bertz CT molecular complexity index is 1400. The number of allylic oxidation sites excluding steroid dienone is 2. The molecule has 4 N–H and O–H groups in total. The maximum Gasteiger partial charge on any atom is 0.430 e. The predicted octanol–water partition coefficient (Wildman–Crippen LogP) is 6.27. The van der Waals surface area contributed by atoms with E-state index < -0.39 is 29.6 Å². The maximum absolute atomic E-state index is 15.2. The second-order valence-electron chi connectivity index (χ2n) is 9.43. The van der Waals surface area contributed by atoms with E-state index in [2.05, 4.69) is 10.6 Å². The third-order valence-electron chi connectivity index (χ3n) is 6.37. The van der Waals surface area contributed by atoms with E-state index in [9.17, 15) is 23.1 Å². The monoisotopic (exact) mass is 562 g/mol. The van der Waals surface area contributed by atoms with Gasteiger partial charge in [-0.25, -0.2) is 4.39 Å². The van der Waals surface area contributed by atoms with Crippen LogP contribution in [0.3, 0.4) is 0 Å². The first-order valence-electron chi connectivity index (χ1n) is 12.6. The Labute approximate surface area is 228 Å². The molecule has 1 aromatic heterocycles. The van der Waals surface area contributed by atoms with Gasteiger partial charge in [0.15, 0.2) is 0 Å². The van der Waals surface area contributed by atoms with Crippen LogP contribution in [0, 0.1) is 11.2 Å². The van der Waals surface area contributed by atoms with Crippen molar-refractivity contribution in [1.29, 1.82) is 5.41 Å². The molecule has 0 bridgehead atoms. The molecule has 0 radical (unpaired) electrons. The molecule has 0 aliphatic heterocycles. The van der Waals surface area contributed by atoms with Gasteiger partial charge in [0, 0.05) is 27.7 Å². The van der Waals surface area contributed by atoms with Crippen LogP contribution in [0.25, 0.3) is 10.9 Å². The van der Waals surface area contributed by atoms with E-state index in [4.69, 9.17) is 5.41 Å². The lowest BCUT2D eigenvalue weighted by molar-refractivity contribution is -0.0968. The molecule has 3 aromatic rings. The minimum atomic E-state index is -4.66. The Morgan fingerprint density at radius 1 is 1.23 bits per heavy atom. The summed E-state index contributed by atoms with van der Waals surface area (Å²) in [7, 11) is 0. The van der Waals surface area contributed by atoms with Crippen molar-refractivity contribution in [3.05, 3.63) is 76.9 Å². The molecule has 6 nitrogen and oxygen atoms in total. The first-order chi connectivity index (χ1) is 18.5. The lowest BCUT2D eigenvalue weighted by atomic mass is 10.1. The fraction of sp³-hybridized carbons (Fsp3) is 0.357. The Kier molecular flexibility index (Phi) is 8.70. The van der Waals surface area contributed by atoms with Gasteiger partial charge in [-0.3, -0.25) is 4.79 Å². The SMILES string of the molecule is CCSc1ccc(C(CO)NC(=O)c2cc3cc(CN/C(=C\C(C)=N)C(F)(F)F)n(C4CC4)c3cc2F)cc1. The van der Waals surface area contributed by atoms with Gasteiger partial charge < -0.3 is 25.7 Å². The van der Waals surface area contributed by atoms with Gasteiger partial charge in [-0.15, -0.1) is 11.8 Å². The number of carbonyl (C=O) groups is 1. The van der Waals surface area contributed by atoms with E-state index in [0.29, 0.717) is 22.2 Å². The first kappa shape index (κ1) is 28.7. The number of thioether (sulfide) groups is 1. The highest BCUT2D eigenvalue weighted by Gasteiger charge is 2.34. The van der Waals surface area contributed by atoms with E-state index in [1.165, 1.54) is 19.1 Å². The van der Waals surface area contributed by atoms with Crippen LogP contribution >= 0.6 is 11.8 Å². The zero-order chi connectivity index (χ0) is 28.3. The number of carbonyl (C=O) groups excluding carboxylic acids is 1. The van der Waals surface area contributed by atoms with Gasteiger partial charge in [-0.2, -0.15) is 13.2 Å². The Morgan fingerprint density at radius 3 is 2.49 bits per heavy atom. The van der Waals surface area contributed by atoms with Gasteiger partial charge in [-0.1, -0.05) is 19.1 Å². The van der Waals surface area contributed by atoms with E-state index in [0.717, 1.165) is 29.6 Å². The summed E-state index contributed by atoms with van der Waals surface area (Å²) < 4.78 is 57.3. The average Bonchev–Trinajstić information content (AvgIpc) is 3.65. The molecule has 1 heterocycles. The van der Waals surface area contributed by atoms with Crippen LogP contribution in [-0.4, -0.2) is 39.8 Å². The highest BCUT2D eigenvalue weighted by atomic mass is 32.2. The van der Waals surface area contributed by atoms with Crippen molar-refractivity contribution in [1.82, 2.24) is 15.2 Å². The molecule has 0 saturated heterocycles. The van der Waals surface area contributed by atoms with E-state index in [1.807, 2.05) is 23.6 Å². The normalized spacial score (nSPS) is 14.9. The Morgan fingerprint density at radius 2 is 1.92 bits per heavy atom. The molecule has 39 heavy (non-hydrogen) atoms. The highest BCUT2D eigenvalue weighted by Crippen LogP contribution is 2.40. The van der Waals surface area contributed by atoms with Crippen LogP contribution in [0.15, 0.2) is 59.1 Å². The minimum absolute atomic E-state index is 0.0359. The molecule has 1 amide bonds. The molecule has 1 fully saturated rings. The summed E-state index contributed by atoms with van der Waals surface area (Å²) in [5.41, 5.74) is 0.182. The summed E-state index contributed by atoms with van der Waals surface area (Å²) in [6.07, 6.45) is -2.31. The number of alkyl halides is 3. The van der Waals surface area contributed by atoms with Crippen molar-refractivity contribution >= 4 is 34.3 Å². The minimum Gasteiger partial charge on any atom is -0.394 e. The zero-order valence-corrected chi connectivity index (χ0v) is 22.3. The fourth-order valence-electron chi connectivity index (χ4n) is 4.45. The third kappa shape index (κ3) is 6.83. The number of aromatic nitrogens is 1. The summed E-state index contributed by atoms with van der Waals surface area (Å²) in [6.45, 7) is 2.72. The molecule has 4 rings (SSSR count). The van der Waals surface area contributed by atoms with Crippen molar-refractivity contribution in [3.63, 3.8) is 0 Å². The van der Waals surface area contributed by atoms with Crippen LogP contribution < -0.4 is 10.6 Å². The Hall–Kier alpha value is -3.31. The summed E-state index contributed by atoms with van der Waals surface area (Å²) in [6, 6.07) is 11.0. The van der Waals surface area contributed by atoms with Gasteiger partial charge in [0.2, 0.25) is 0 Å². The number of benzene rings is 2. The number of aliphatic hydroxyl groups excluding tert-OH is 1. The molecule has 1 unspecified atom stereocenters. The number of fused-ring (bicyclic) bond motifs is 1. The zero-order valence-electron chi connectivity index (χ0n) is 21.5. The number of halogens is 4. The van der Waals surface area contributed by atoms with Crippen molar-refractivity contribution in [2.75, 3.05) is 12.4 Å². The number of nitrogens with one attached hydrogen (secondary N) is 3. The number of nitrogens with zero attached hydrogens (tertiary/aromatic N) is 1. The number of rotatable bonds is 11. The van der Waals surface area contributed by atoms with Crippen molar-refractivity contribution in [2.24, 2.45) is 0 Å². The summed E-state index contributed by atoms with van der Waals surface area (Å²) in [5, 5.41) is 22.9. The standard InChI is InChI=1S/C28H30F4N4O2S/c1-3-39-21-8-4-17(5-9-21)24(15-37)35-27(38)22-12-18-11-20(14-34-26(10-16(2)33)28(30,31)32)36(19-6-7-19)25(18)13-23(22)29/h4-5,8-13,19,24,33-34,37H,3,6-7,14-15H2,1-2H3,(H,35,38)/b26-10-,33-16?. The lowest BCUT2D eigenvalue weighted by Gasteiger charge is -2.18. The molecule has 1 aliphatic rings. The number of aliphatic hydroxyl groups is 1. The molecule has 2 aromatic carbocycles. The molecule has 0 spiro atoms. The number of amides is 1. The molecule has 1 atom stereocenters. The average molecular weight is 563 g/mol. The van der Waals surface area contributed by atoms with E-state index in [-0.39, 0.29) is 30.5 Å². The molecule has 1 aliphatic carbocycles. The number of hydrogen-bond donors (Lipinski definition) is 4. The second kappa shape index (κ2) is 11.8. The predicted molar refractivity (Wildman–Crippen MR) is 145 cm³/mol. The van der Waals surface area contributed by atoms with Gasteiger partial charge in [0.05, 0.1) is 30.3 Å². The van der Waals surface area contributed by atoms with Crippen LogP contribution in [0.4, 0.5) is 17.6 Å². The van der Waals surface area contributed by atoms with E-state index in [1.54, 1.807) is 30.0 Å². The van der Waals surface area contributed by atoms with Gasteiger partial charge >= 0.3 is 6.18 Å². The summed E-state index contributed by atoms with van der Waals surface area (Å²) in [4.78, 5) is 14.1. The van der Waals surface area contributed by atoms with Crippen molar-refractivity contribution < 1.29 is 27.5 Å². The van der Waals surface area contributed by atoms with Crippen LogP contribution in [0.2, 0.25) is 0 Å². The van der Waals surface area contributed by atoms with Gasteiger partial charge in [-0.05, 0) is 67.5 Å². The highest BCUT2D eigenvalue weighted by molar-refractivity contribution is 7.99. The summed E-state index contributed by atoms with van der Waals surface area (Å²) in [5.74, 6) is -0.560. The fourth-order valence-corrected chi connectivity index (χ4v) is 5.11. The van der Waals surface area contributed by atoms with Gasteiger partial charge in [0.1, 0.15) is 11.5 Å². The first-order valence-corrected chi connectivity index (χ1v) is 13.6. The molecule has 208 valence electrons. The molecular weight excluding hydrogens is 532 g/mol. The largest absolute Gasteiger partial charge is 0.430 e. The molecular formula is C28H30F4N4O2S. The lowest BCUT2D eigenvalue weighted by Crippen LogP contribution is -2.31. The Balaban J connectivity index is 1.60. The van der Waals surface area contributed by atoms with Gasteiger partial charge in [0.25, 0.3) is 5.91 Å². The smallest absolute Gasteiger partial charge is 0.394 e. The van der Waals surface area contributed by atoms with Crippen LogP contribution in [0.5, 0.6) is 0 Å². The molecule has 11 heteroatoms.